The van der Waals surface area contributed by atoms with E-state index in [1.54, 1.807) is 0 Å². The van der Waals surface area contributed by atoms with Crippen LogP contribution >= 0.6 is 0 Å². The van der Waals surface area contributed by atoms with Crippen LogP contribution in [0, 0.1) is 0 Å². The minimum absolute atomic E-state index is 0.163. The SMILES string of the molecule is CCCCCCCOCCCCC(C)(NC)C(=O)OCC. The highest BCUT2D eigenvalue weighted by Crippen LogP contribution is 2.15. The van der Waals surface area contributed by atoms with Crippen LogP contribution in [0.3, 0.4) is 0 Å². The number of esters is 1. The van der Waals surface area contributed by atoms with Crippen molar-refractivity contribution in [1.82, 2.24) is 5.32 Å². The van der Waals surface area contributed by atoms with E-state index in [4.69, 9.17) is 9.47 Å². The maximum absolute atomic E-state index is 11.9. The van der Waals surface area contributed by atoms with Crippen molar-refractivity contribution in [3.8, 4) is 0 Å². The molecule has 0 aliphatic heterocycles. The van der Waals surface area contributed by atoms with Crippen molar-refractivity contribution < 1.29 is 14.3 Å². The Morgan fingerprint density at radius 3 is 2.19 bits per heavy atom. The van der Waals surface area contributed by atoms with Gasteiger partial charge in [0.2, 0.25) is 0 Å². The molecule has 4 heteroatoms. The number of ether oxygens (including phenoxy) is 2. The fraction of sp³-hybridized carbons (Fsp3) is 0.941. The van der Waals surface area contributed by atoms with Crippen LogP contribution in [0.25, 0.3) is 0 Å². The smallest absolute Gasteiger partial charge is 0.326 e. The zero-order valence-corrected chi connectivity index (χ0v) is 14.5. The second-order valence-corrected chi connectivity index (χ2v) is 5.79. The zero-order chi connectivity index (χ0) is 16.0. The molecule has 0 radical (unpaired) electrons. The quantitative estimate of drug-likeness (QED) is 0.393. The van der Waals surface area contributed by atoms with E-state index < -0.39 is 5.54 Å². The highest BCUT2D eigenvalue weighted by atomic mass is 16.5. The highest BCUT2D eigenvalue weighted by Gasteiger charge is 2.32. The van der Waals surface area contributed by atoms with Crippen LogP contribution in [0.1, 0.15) is 72.1 Å². The molecule has 0 saturated carbocycles. The van der Waals surface area contributed by atoms with Gasteiger partial charge in [0.15, 0.2) is 0 Å². The molecule has 0 spiro atoms. The highest BCUT2D eigenvalue weighted by molar-refractivity contribution is 5.80. The van der Waals surface area contributed by atoms with Crippen LogP contribution in [0.2, 0.25) is 0 Å². The molecule has 0 heterocycles. The van der Waals surface area contributed by atoms with Gasteiger partial charge in [-0.25, -0.2) is 0 Å². The first-order valence-electron chi connectivity index (χ1n) is 8.54. The van der Waals surface area contributed by atoms with Gasteiger partial charge >= 0.3 is 5.97 Å². The van der Waals surface area contributed by atoms with Crippen molar-refractivity contribution >= 4 is 5.97 Å². The number of hydrogen-bond donors (Lipinski definition) is 1. The van der Waals surface area contributed by atoms with Crippen LogP contribution < -0.4 is 5.32 Å². The molecule has 0 amide bonds. The van der Waals surface area contributed by atoms with Crippen LogP contribution in [-0.4, -0.2) is 38.4 Å². The van der Waals surface area contributed by atoms with Crippen LogP contribution in [-0.2, 0) is 14.3 Å². The predicted octanol–water partition coefficient (Wildman–Crippen LogP) is 3.68. The van der Waals surface area contributed by atoms with Gasteiger partial charge in [0.1, 0.15) is 5.54 Å². The van der Waals surface area contributed by atoms with Gasteiger partial charge in [-0.3, -0.25) is 4.79 Å². The fourth-order valence-electron chi connectivity index (χ4n) is 2.21. The Labute approximate surface area is 131 Å². The lowest BCUT2D eigenvalue weighted by atomic mass is 9.95. The molecule has 0 aromatic rings. The van der Waals surface area contributed by atoms with Crippen molar-refractivity contribution in [2.24, 2.45) is 0 Å². The van der Waals surface area contributed by atoms with E-state index in [9.17, 15) is 4.79 Å². The molecule has 0 fully saturated rings. The van der Waals surface area contributed by atoms with E-state index in [0.29, 0.717) is 6.61 Å². The summed E-state index contributed by atoms with van der Waals surface area (Å²) in [5, 5.41) is 3.08. The van der Waals surface area contributed by atoms with Gasteiger partial charge in [-0.15, -0.1) is 0 Å². The average molecular weight is 301 g/mol. The lowest BCUT2D eigenvalue weighted by Crippen LogP contribution is -2.48. The standard InChI is InChI=1S/C17H35NO3/c1-5-7-8-9-11-14-20-15-12-10-13-17(3,18-4)16(19)21-6-2/h18H,5-15H2,1-4H3. The molecular formula is C17H35NO3. The minimum Gasteiger partial charge on any atom is -0.465 e. The summed E-state index contributed by atoms with van der Waals surface area (Å²) < 4.78 is 10.7. The third-order valence-electron chi connectivity index (χ3n) is 3.89. The molecule has 21 heavy (non-hydrogen) atoms. The average Bonchev–Trinajstić information content (AvgIpc) is 2.49. The van der Waals surface area contributed by atoms with Crippen molar-refractivity contribution in [3.63, 3.8) is 0 Å². The first-order chi connectivity index (χ1) is 10.1. The van der Waals surface area contributed by atoms with E-state index in [-0.39, 0.29) is 5.97 Å². The summed E-state index contributed by atoms with van der Waals surface area (Å²) in [6.07, 6.45) is 9.10. The number of rotatable bonds is 14. The molecule has 0 rings (SSSR count). The first kappa shape index (κ1) is 20.4. The van der Waals surface area contributed by atoms with Crippen LogP contribution in [0.15, 0.2) is 0 Å². The molecule has 1 atom stereocenters. The van der Waals surface area contributed by atoms with Crippen LogP contribution in [0.4, 0.5) is 0 Å². The minimum atomic E-state index is -0.573. The van der Waals surface area contributed by atoms with Gasteiger partial charge in [-0.1, -0.05) is 32.6 Å². The van der Waals surface area contributed by atoms with E-state index in [0.717, 1.165) is 38.9 Å². The number of nitrogens with one attached hydrogen (secondary N) is 1. The summed E-state index contributed by atoms with van der Waals surface area (Å²) in [6.45, 7) is 8.05. The Kier molecular flexibility index (Phi) is 12.7. The predicted molar refractivity (Wildman–Crippen MR) is 87.5 cm³/mol. The molecule has 0 aromatic carbocycles. The van der Waals surface area contributed by atoms with Gasteiger partial charge in [0.05, 0.1) is 6.61 Å². The molecule has 1 unspecified atom stereocenters. The lowest BCUT2D eigenvalue weighted by molar-refractivity contribution is -0.150. The Bertz CT molecular complexity index is 258. The second kappa shape index (κ2) is 13.1. The topological polar surface area (TPSA) is 47.6 Å². The van der Waals surface area contributed by atoms with Gasteiger partial charge in [-0.2, -0.15) is 0 Å². The number of carbonyl (C=O) groups excluding carboxylic acids is 1. The van der Waals surface area contributed by atoms with Gasteiger partial charge < -0.3 is 14.8 Å². The Morgan fingerprint density at radius 2 is 1.62 bits per heavy atom. The fourth-order valence-corrected chi connectivity index (χ4v) is 2.21. The van der Waals surface area contributed by atoms with Gasteiger partial charge in [0.25, 0.3) is 0 Å². The Morgan fingerprint density at radius 1 is 1.00 bits per heavy atom. The summed E-state index contributed by atoms with van der Waals surface area (Å²) in [6, 6.07) is 0. The maximum atomic E-state index is 11.9. The summed E-state index contributed by atoms with van der Waals surface area (Å²) >= 11 is 0. The third kappa shape index (κ3) is 9.86. The molecular weight excluding hydrogens is 266 g/mol. The number of unbranched alkanes of at least 4 members (excludes halogenated alkanes) is 5. The van der Waals surface area contributed by atoms with E-state index in [2.05, 4.69) is 12.2 Å². The third-order valence-corrected chi connectivity index (χ3v) is 3.89. The molecule has 126 valence electrons. The van der Waals surface area contributed by atoms with E-state index in [1.807, 2.05) is 20.9 Å². The monoisotopic (exact) mass is 301 g/mol. The molecule has 4 nitrogen and oxygen atoms in total. The Balaban J connectivity index is 3.57. The molecule has 1 N–H and O–H groups in total. The van der Waals surface area contributed by atoms with Crippen molar-refractivity contribution in [2.45, 2.75) is 77.7 Å². The molecule has 0 bridgehead atoms. The maximum Gasteiger partial charge on any atom is 0.326 e. The molecule has 0 aliphatic rings. The van der Waals surface area contributed by atoms with Gasteiger partial charge in [0, 0.05) is 13.2 Å². The molecule has 0 aromatic heterocycles. The first-order valence-corrected chi connectivity index (χ1v) is 8.54. The lowest BCUT2D eigenvalue weighted by Gasteiger charge is -2.26. The second-order valence-electron chi connectivity index (χ2n) is 5.79. The zero-order valence-electron chi connectivity index (χ0n) is 14.5. The number of likely N-dealkylation sites (N-methyl/N-ethyl adjacent to an activating group) is 1. The van der Waals surface area contributed by atoms with Crippen molar-refractivity contribution in [1.29, 1.82) is 0 Å². The van der Waals surface area contributed by atoms with Crippen molar-refractivity contribution in [2.75, 3.05) is 26.9 Å². The number of hydrogen-bond acceptors (Lipinski definition) is 4. The van der Waals surface area contributed by atoms with Crippen LogP contribution in [0.5, 0.6) is 0 Å². The largest absolute Gasteiger partial charge is 0.465 e. The van der Waals surface area contributed by atoms with Crippen molar-refractivity contribution in [3.05, 3.63) is 0 Å². The van der Waals surface area contributed by atoms with E-state index >= 15 is 0 Å². The normalized spacial score (nSPS) is 13.9. The summed E-state index contributed by atoms with van der Waals surface area (Å²) in [7, 11) is 1.81. The molecule has 0 saturated heterocycles. The summed E-state index contributed by atoms with van der Waals surface area (Å²) in [5.41, 5.74) is -0.573. The molecule has 0 aliphatic carbocycles. The Hall–Kier alpha value is -0.610. The van der Waals surface area contributed by atoms with E-state index in [1.165, 1.54) is 25.7 Å². The summed E-state index contributed by atoms with van der Waals surface area (Å²) in [5.74, 6) is -0.163. The van der Waals surface area contributed by atoms with Gasteiger partial charge in [-0.05, 0) is 46.6 Å². The number of carbonyl (C=O) groups is 1. The summed E-state index contributed by atoms with van der Waals surface area (Å²) in [4.78, 5) is 11.9.